The summed E-state index contributed by atoms with van der Waals surface area (Å²) < 4.78 is 0. The fourth-order valence-corrected chi connectivity index (χ4v) is 5.33. The molecular weight excluding hydrogens is 747 g/mol. The van der Waals surface area contributed by atoms with E-state index in [1.165, 1.54) is 27.8 Å². The Kier molecular flexibility index (Phi) is 25.8. The minimum absolute atomic E-state index is 0.529. The van der Waals surface area contributed by atoms with E-state index in [1.54, 1.807) is 0 Å². The summed E-state index contributed by atoms with van der Waals surface area (Å²) in [6.07, 6.45) is 2.08. The lowest BCUT2D eigenvalue weighted by Gasteiger charge is -2.07. The third kappa shape index (κ3) is 24.0. The molecule has 14 N–H and O–H groups in total. The van der Waals surface area contributed by atoms with E-state index in [9.17, 15) is 0 Å². The average Bonchev–Trinajstić information content (AvgIpc) is 3.24. The van der Waals surface area contributed by atoms with Crippen LogP contribution in [0.1, 0.15) is 86.8 Å². The van der Waals surface area contributed by atoms with Crippen molar-refractivity contribution >= 4 is 39.8 Å². The maximum Gasteiger partial charge on any atom is 0.0349 e. The summed E-state index contributed by atoms with van der Waals surface area (Å²) in [6, 6.07) is 57.0. The molecule has 7 heteroatoms. The largest absolute Gasteiger partial charge is 0.399 e. The third-order valence-electron chi connectivity index (χ3n) is 9.02. The summed E-state index contributed by atoms with van der Waals surface area (Å²) in [5.41, 5.74) is 52.3. The van der Waals surface area contributed by atoms with E-state index in [0.717, 1.165) is 58.2 Å². The van der Waals surface area contributed by atoms with Crippen LogP contribution in [0.5, 0.6) is 0 Å². The molecule has 0 fully saturated rings. The van der Waals surface area contributed by atoms with E-state index >= 15 is 0 Å². The number of aryl methyl sites for hydroxylation is 4. The number of anilines is 7. The highest BCUT2D eigenvalue weighted by Gasteiger charge is 2.00. The molecule has 0 aliphatic carbocycles. The maximum atomic E-state index is 5.72. The zero-order valence-electron chi connectivity index (χ0n) is 37.9. The minimum Gasteiger partial charge on any atom is -0.399 e. The molecule has 0 radical (unpaired) electrons. The highest BCUT2D eigenvalue weighted by atomic mass is 14.6. The molecule has 0 saturated heterocycles. The third-order valence-corrected chi connectivity index (χ3v) is 9.02. The molecule has 0 aliphatic heterocycles. The molecule has 7 aromatic rings. The second kappa shape index (κ2) is 30.2. The standard InChI is InChI=1S/2C9H13N.2C8H11N.2C7H9N.C6H7N/c1-7(2)8-4-3-5-9(10)6-8;1-7(2)8-5-3-4-6-9(8)10;1-2-7-4-3-5-8(9)6-7;1-2-7-5-3-4-6-8(7)9;1-6-3-2-4-7(8)5-6;1-6-4-2-3-5-7(6)8;7-6-4-2-1-3-5-6/h2*3-7H,10H2,1-2H3;2*3-6H,2,9H2,1H3;2*2-5H,8H2,1H3;1-5H,7H2. The fraction of sp³-hybridized carbons (Fsp3) is 0.222. The Bertz CT molecular complexity index is 2160. The van der Waals surface area contributed by atoms with Crippen LogP contribution in [0.15, 0.2) is 176 Å². The molecule has 324 valence electrons. The smallest absolute Gasteiger partial charge is 0.0349 e. The molecule has 0 unspecified atom stereocenters. The van der Waals surface area contributed by atoms with Gasteiger partial charge in [-0.25, -0.2) is 0 Å². The monoisotopic (exact) mass is 820 g/mol. The van der Waals surface area contributed by atoms with Gasteiger partial charge in [-0.1, -0.05) is 151 Å². The molecule has 7 aromatic carbocycles. The Morgan fingerprint density at radius 3 is 1.18 bits per heavy atom. The summed E-state index contributed by atoms with van der Waals surface area (Å²) >= 11 is 0. The molecule has 0 saturated carbocycles. The number of para-hydroxylation sites is 4. The van der Waals surface area contributed by atoms with Crippen LogP contribution >= 0.6 is 0 Å². The molecule has 0 spiro atoms. The Hall–Kier alpha value is -6.86. The number of hydrogen-bond acceptors (Lipinski definition) is 7. The quantitative estimate of drug-likeness (QED) is 0.0862. The van der Waals surface area contributed by atoms with Crippen molar-refractivity contribution in [1.29, 1.82) is 0 Å². The lowest BCUT2D eigenvalue weighted by molar-refractivity contribution is 0.867. The average molecular weight is 820 g/mol. The van der Waals surface area contributed by atoms with Crippen LogP contribution in [0.4, 0.5) is 39.8 Å². The van der Waals surface area contributed by atoms with Gasteiger partial charge in [-0.15, -0.1) is 0 Å². The van der Waals surface area contributed by atoms with Gasteiger partial charge in [-0.05, 0) is 139 Å². The van der Waals surface area contributed by atoms with Gasteiger partial charge in [-0.2, -0.15) is 0 Å². The molecule has 0 aromatic heterocycles. The van der Waals surface area contributed by atoms with Gasteiger partial charge in [0, 0.05) is 39.8 Å². The van der Waals surface area contributed by atoms with E-state index in [-0.39, 0.29) is 0 Å². The van der Waals surface area contributed by atoms with Crippen molar-refractivity contribution in [2.75, 3.05) is 40.1 Å². The van der Waals surface area contributed by atoms with E-state index in [2.05, 4.69) is 65.8 Å². The van der Waals surface area contributed by atoms with E-state index in [0.29, 0.717) is 11.8 Å². The molecule has 0 amide bonds. The fourth-order valence-electron chi connectivity index (χ4n) is 5.33. The number of nitrogen functional groups attached to an aromatic ring is 7. The molecule has 0 atom stereocenters. The van der Waals surface area contributed by atoms with Crippen molar-refractivity contribution < 1.29 is 0 Å². The van der Waals surface area contributed by atoms with Crippen molar-refractivity contribution in [1.82, 2.24) is 0 Å². The number of rotatable bonds is 4. The van der Waals surface area contributed by atoms with Crippen LogP contribution in [0.25, 0.3) is 0 Å². The first-order valence-corrected chi connectivity index (χ1v) is 20.9. The van der Waals surface area contributed by atoms with Gasteiger partial charge in [-0.3, -0.25) is 0 Å². The van der Waals surface area contributed by atoms with E-state index in [4.69, 9.17) is 40.1 Å². The van der Waals surface area contributed by atoms with Crippen LogP contribution in [0, 0.1) is 13.8 Å². The van der Waals surface area contributed by atoms with Crippen LogP contribution in [0.2, 0.25) is 0 Å². The second-order valence-corrected chi connectivity index (χ2v) is 14.9. The zero-order valence-corrected chi connectivity index (χ0v) is 37.9. The first-order valence-electron chi connectivity index (χ1n) is 20.9. The van der Waals surface area contributed by atoms with Gasteiger partial charge in [0.05, 0.1) is 0 Å². The second-order valence-electron chi connectivity index (χ2n) is 14.9. The van der Waals surface area contributed by atoms with Crippen LogP contribution in [-0.2, 0) is 12.8 Å². The maximum absolute atomic E-state index is 5.72. The minimum atomic E-state index is 0.529. The number of benzene rings is 7. The normalized spacial score (nSPS) is 9.54. The Balaban J connectivity index is 0.000000357. The van der Waals surface area contributed by atoms with Crippen molar-refractivity contribution in [3.05, 3.63) is 209 Å². The van der Waals surface area contributed by atoms with Gasteiger partial charge in [0.25, 0.3) is 0 Å². The Morgan fingerprint density at radius 2 is 0.852 bits per heavy atom. The Morgan fingerprint density at radius 1 is 0.377 bits per heavy atom. The molecule has 61 heavy (non-hydrogen) atoms. The summed E-state index contributed by atoms with van der Waals surface area (Å²) in [7, 11) is 0. The van der Waals surface area contributed by atoms with Gasteiger partial charge >= 0.3 is 0 Å². The predicted octanol–water partition coefficient (Wildman–Crippen LogP) is 12.9. The highest BCUT2D eigenvalue weighted by Crippen LogP contribution is 2.20. The summed E-state index contributed by atoms with van der Waals surface area (Å²) in [5.74, 6) is 1.10. The molecule has 0 aliphatic rings. The first kappa shape index (κ1) is 52.2. The predicted molar refractivity (Wildman–Crippen MR) is 272 cm³/mol. The van der Waals surface area contributed by atoms with Crippen LogP contribution < -0.4 is 40.1 Å². The Labute approximate surface area is 368 Å². The lowest BCUT2D eigenvalue weighted by atomic mass is 10.0. The molecular formula is C54H73N7. The lowest BCUT2D eigenvalue weighted by Crippen LogP contribution is -1.94. The SMILES string of the molecule is CC(C)c1cccc(N)c1.CC(C)c1ccccc1N.CCc1cccc(N)c1.CCc1ccccc1N.Cc1cccc(N)c1.Cc1ccccc1N.Nc1ccccc1. The molecule has 0 bridgehead atoms. The van der Waals surface area contributed by atoms with Crippen molar-refractivity contribution in [3.63, 3.8) is 0 Å². The number of nitrogens with two attached hydrogens (primary N) is 7. The summed E-state index contributed by atoms with van der Waals surface area (Å²) in [5, 5.41) is 0. The highest BCUT2D eigenvalue weighted by molar-refractivity contribution is 5.48. The van der Waals surface area contributed by atoms with Crippen LogP contribution in [-0.4, -0.2) is 0 Å². The summed E-state index contributed by atoms with van der Waals surface area (Å²) in [4.78, 5) is 0. The van der Waals surface area contributed by atoms with Crippen molar-refractivity contribution in [2.24, 2.45) is 0 Å². The number of hydrogen-bond donors (Lipinski definition) is 7. The van der Waals surface area contributed by atoms with Crippen molar-refractivity contribution in [3.8, 4) is 0 Å². The molecule has 0 heterocycles. The topological polar surface area (TPSA) is 182 Å². The van der Waals surface area contributed by atoms with Gasteiger partial charge in [0.15, 0.2) is 0 Å². The molecule has 7 rings (SSSR count). The van der Waals surface area contributed by atoms with E-state index < -0.39 is 0 Å². The van der Waals surface area contributed by atoms with Crippen LogP contribution in [0.3, 0.4) is 0 Å². The summed E-state index contributed by atoms with van der Waals surface area (Å²) in [6.45, 7) is 16.9. The molecule has 7 nitrogen and oxygen atoms in total. The van der Waals surface area contributed by atoms with E-state index in [1.807, 2.05) is 166 Å². The van der Waals surface area contributed by atoms with Gasteiger partial charge < -0.3 is 40.1 Å². The van der Waals surface area contributed by atoms with Gasteiger partial charge in [0.2, 0.25) is 0 Å². The first-order chi connectivity index (χ1) is 29.1. The van der Waals surface area contributed by atoms with Gasteiger partial charge in [0.1, 0.15) is 0 Å². The van der Waals surface area contributed by atoms with Crippen molar-refractivity contribution in [2.45, 2.75) is 80.1 Å². The zero-order chi connectivity index (χ0) is 45.6.